The second kappa shape index (κ2) is 11.7. The van der Waals surface area contributed by atoms with Crippen molar-refractivity contribution in [2.24, 2.45) is 5.92 Å². The van der Waals surface area contributed by atoms with Crippen molar-refractivity contribution >= 4 is 9.05 Å². The van der Waals surface area contributed by atoms with Crippen LogP contribution in [0.2, 0.25) is 0 Å². The van der Waals surface area contributed by atoms with E-state index >= 15 is 0 Å². The second-order valence-corrected chi connectivity index (χ2v) is 5.79. The van der Waals surface area contributed by atoms with Gasteiger partial charge in [0, 0.05) is 6.61 Å². The van der Waals surface area contributed by atoms with Gasteiger partial charge in [0.1, 0.15) is 0 Å². The third-order valence-electron chi connectivity index (χ3n) is 1.81. The van der Waals surface area contributed by atoms with E-state index in [0.717, 1.165) is 6.42 Å². The molecule has 0 amide bonds. The molecule has 8 heteroatoms. The Labute approximate surface area is 116 Å². The zero-order chi connectivity index (χ0) is 14.6. The zero-order valence-electron chi connectivity index (χ0n) is 12.5. The fourth-order valence-electron chi connectivity index (χ4n) is 0.927. The van der Waals surface area contributed by atoms with Crippen molar-refractivity contribution in [1.29, 1.82) is 0 Å². The molecule has 0 saturated heterocycles. The van der Waals surface area contributed by atoms with E-state index in [1.807, 2.05) is 0 Å². The molecular formula is C11H26O7Si. The average molecular weight is 298 g/mol. The Morgan fingerprint density at radius 1 is 0.789 bits per heavy atom. The average Bonchev–Trinajstić information content (AvgIpc) is 2.39. The summed E-state index contributed by atoms with van der Waals surface area (Å²) in [6, 6.07) is 0. The minimum absolute atomic E-state index is 0.327. The maximum absolute atomic E-state index is 5.54. The van der Waals surface area contributed by atoms with Crippen LogP contribution < -0.4 is 0 Å². The summed E-state index contributed by atoms with van der Waals surface area (Å²) in [4.78, 5) is 14.6. The predicted molar refractivity (Wildman–Crippen MR) is 69.3 cm³/mol. The van der Waals surface area contributed by atoms with Crippen LogP contribution in [0.5, 0.6) is 0 Å². The largest absolute Gasteiger partial charge is 0.764 e. The molecule has 7 nitrogen and oxygen atoms in total. The number of hydrogen-bond donors (Lipinski definition) is 0. The Hall–Kier alpha value is -0.0631. The van der Waals surface area contributed by atoms with E-state index in [9.17, 15) is 0 Å². The Morgan fingerprint density at radius 3 is 1.53 bits per heavy atom. The molecule has 0 N–H and O–H groups in total. The summed E-state index contributed by atoms with van der Waals surface area (Å²) in [5.41, 5.74) is 0. The smallest absolute Gasteiger partial charge is 0.347 e. The summed E-state index contributed by atoms with van der Waals surface area (Å²) < 4.78 is 20.8. The van der Waals surface area contributed by atoms with Crippen LogP contribution in [0.1, 0.15) is 41.0 Å². The Bertz CT molecular complexity index is 182. The normalized spacial score (nSPS) is 12.3. The molecule has 0 bridgehead atoms. The molecule has 0 aliphatic heterocycles. The van der Waals surface area contributed by atoms with Gasteiger partial charge in [0.25, 0.3) is 0 Å². The van der Waals surface area contributed by atoms with Crippen molar-refractivity contribution in [3.8, 4) is 0 Å². The first kappa shape index (κ1) is 18.9. The lowest BCUT2D eigenvalue weighted by molar-refractivity contribution is -0.385. The molecule has 0 unspecified atom stereocenters. The molecule has 0 aromatic heterocycles. The van der Waals surface area contributed by atoms with Crippen LogP contribution >= 0.6 is 0 Å². The van der Waals surface area contributed by atoms with Crippen LogP contribution in [-0.4, -0.2) is 35.5 Å². The molecule has 0 atom stereocenters. The molecule has 0 aliphatic carbocycles. The standard InChI is InChI=1S/C11H26O7Si/c1-6-12-16-19(17-13-7-2,18-14-8-3)15-10-9-11(4)5/h11H,6-10H2,1-5H3. The Kier molecular flexibility index (Phi) is 11.7. The summed E-state index contributed by atoms with van der Waals surface area (Å²) in [7, 11) is -3.59. The van der Waals surface area contributed by atoms with E-state index in [2.05, 4.69) is 13.8 Å². The van der Waals surface area contributed by atoms with E-state index in [1.54, 1.807) is 20.8 Å². The van der Waals surface area contributed by atoms with E-state index in [1.165, 1.54) is 0 Å². The van der Waals surface area contributed by atoms with Crippen LogP contribution in [0, 0.1) is 5.92 Å². The summed E-state index contributed by atoms with van der Waals surface area (Å²) in [5.74, 6) is 0.484. The van der Waals surface area contributed by atoms with Crippen LogP contribution in [0.4, 0.5) is 0 Å². The van der Waals surface area contributed by atoms with E-state index in [-0.39, 0.29) is 0 Å². The monoisotopic (exact) mass is 298 g/mol. The third kappa shape index (κ3) is 9.47. The Balaban J connectivity index is 4.47. The fraction of sp³-hybridized carbons (Fsp3) is 1.00. The van der Waals surface area contributed by atoms with Crippen LogP contribution in [0.25, 0.3) is 0 Å². The topological polar surface area (TPSA) is 64.6 Å². The van der Waals surface area contributed by atoms with Crippen LogP contribution in [0.3, 0.4) is 0 Å². The number of hydrogen-bond acceptors (Lipinski definition) is 7. The highest BCUT2D eigenvalue weighted by atomic mass is 28.4. The SMILES string of the molecule is CCOO[Si](OCCC(C)C)(OOCC)OOCC. The van der Waals surface area contributed by atoms with Crippen molar-refractivity contribution in [3.63, 3.8) is 0 Å². The first-order chi connectivity index (χ1) is 9.10. The van der Waals surface area contributed by atoms with Crippen molar-refractivity contribution < 1.29 is 32.8 Å². The van der Waals surface area contributed by atoms with Gasteiger partial charge in [-0.15, -0.1) is 0 Å². The summed E-state index contributed by atoms with van der Waals surface area (Å²) in [6.07, 6.45) is 0.829. The summed E-state index contributed by atoms with van der Waals surface area (Å²) in [6.45, 7) is 10.9. The summed E-state index contributed by atoms with van der Waals surface area (Å²) in [5, 5.41) is 0. The van der Waals surface area contributed by atoms with Crippen molar-refractivity contribution in [3.05, 3.63) is 0 Å². The molecule has 0 spiro atoms. The van der Waals surface area contributed by atoms with Crippen molar-refractivity contribution in [2.75, 3.05) is 26.4 Å². The molecule has 0 radical (unpaired) electrons. The number of rotatable bonds is 13. The molecule has 19 heavy (non-hydrogen) atoms. The van der Waals surface area contributed by atoms with Gasteiger partial charge in [-0.3, -0.25) is 0 Å². The highest BCUT2D eigenvalue weighted by Gasteiger charge is 2.52. The lowest BCUT2D eigenvalue weighted by atomic mass is 10.2. The van der Waals surface area contributed by atoms with Crippen LogP contribution in [-0.2, 0) is 32.8 Å². The van der Waals surface area contributed by atoms with Gasteiger partial charge in [-0.25, -0.2) is 14.7 Å². The Morgan fingerprint density at radius 2 is 1.21 bits per heavy atom. The highest BCUT2D eigenvalue weighted by molar-refractivity contribution is 6.52. The van der Waals surface area contributed by atoms with Gasteiger partial charge in [0.2, 0.25) is 0 Å². The molecule has 0 fully saturated rings. The van der Waals surface area contributed by atoms with Gasteiger partial charge in [-0.05, 0) is 33.1 Å². The first-order valence-corrected chi connectivity index (χ1v) is 8.29. The van der Waals surface area contributed by atoms with E-state index < -0.39 is 9.05 Å². The van der Waals surface area contributed by atoms with E-state index in [0.29, 0.717) is 32.3 Å². The molecule has 116 valence electrons. The molecular weight excluding hydrogens is 272 g/mol. The fourth-order valence-corrected chi connectivity index (χ4v) is 2.31. The van der Waals surface area contributed by atoms with Gasteiger partial charge >= 0.3 is 9.05 Å². The van der Waals surface area contributed by atoms with Gasteiger partial charge in [-0.1, -0.05) is 13.8 Å². The van der Waals surface area contributed by atoms with E-state index in [4.69, 9.17) is 32.8 Å². The van der Waals surface area contributed by atoms with Gasteiger partial charge in [-0.2, -0.15) is 13.7 Å². The highest BCUT2D eigenvalue weighted by Crippen LogP contribution is 2.15. The zero-order valence-corrected chi connectivity index (χ0v) is 13.5. The molecule has 0 aliphatic rings. The van der Waals surface area contributed by atoms with Crippen LogP contribution in [0.15, 0.2) is 0 Å². The molecule has 0 rings (SSSR count). The van der Waals surface area contributed by atoms with Gasteiger partial charge in [0.05, 0.1) is 19.8 Å². The third-order valence-corrected chi connectivity index (χ3v) is 3.33. The van der Waals surface area contributed by atoms with Crippen molar-refractivity contribution in [1.82, 2.24) is 0 Å². The molecule has 0 saturated carbocycles. The predicted octanol–water partition coefficient (Wildman–Crippen LogP) is 2.39. The van der Waals surface area contributed by atoms with Gasteiger partial charge in [0.15, 0.2) is 0 Å². The lowest BCUT2D eigenvalue weighted by Gasteiger charge is -2.24. The molecule has 0 aromatic rings. The van der Waals surface area contributed by atoms with Gasteiger partial charge < -0.3 is 4.43 Å². The minimum Gasteiger partial charge on any atom is -0.347 e. The molecule has 0 aromatic carbocycles. The molecule has 0 heterocycles. The lowest BCUT2D eigenvalue weighted by Crippen LogP contribution is -2.49. The second-order valence-electron chi connectivity index (χ2n) is 4.00. The van der Waals surface area contributed by atoms with Crippen molar-refractivity contribution in [2.45, 2.75) is 41.0 Å². The first-order valence-electron chi connectivity index (χ1n) is 6.66. The maximum Gasteiger partial charge on any atom is 0.764 e. The quantitative estimate of drug-likeness (QED) is 0.294. The summed E-state index contributed by atoms with van der Waals surface area (Å²) >= 11 is 0. The minimum atomic E-state index is -3.59. The maximum atomic E-state index is 5.54.